The van der Waals surface area contributed by atoms with Crippen molar-refractivity contribution in [1.82, 2.24) is 9.80 Å². The van der Waals surface area contributed by atoms with Gasteiger partial charge in [0, 0.05) is 31.7 Å². The van der Waals surface area contributed by atoms with E-state index >= 15 is 0 Å². The van der Waals surface area contributed by atoms with Gasteiger partial charge in [-0.05, 0) is 24.8 Å². The minimum Gasteiger partial charge on any atom is -0.333 e. The molecule has 120 valence electrons. The molecule has 0 radical (unpaired) electrons. The summed E-state index contributed by atoms with van der Waals surface area (Å²) in [5.41, 5.74) is 1.16. The van der Waals surface area contributed by atoms with Crippen LogP contribution in [0.15, 0.2) is 30.3 Å². The van der Waals surface area contributed by atoms with Crippen LogP contribution in [0.25, 0.3) is 0 Å². The smallest absolute Gasteiger partial charge is 0.333 e. The number of halogens is 3. The monoisotopic (exact) mass is 312 g/mol. The SMILES string of the molecule is O=C(N1CCC2CCC(C1)N2Cc1ccccc1)C(F)(F)F. The number of hydrogen-bond acceptors (Lipinski definition) is 2. The van der Waals surface area contributed by atoms with E-state index in [2.05, 4.69) is 4.90 Å². The Hall–Kier alpha value is -1.56. The Kier molecular flexibility index (Phi) is 4.12. The molecule has 1 aromatic rings. The predicted octanol–water partition coefficient (Wildman–Crippen LogP) is 2.81. The number of nitrogens with zero attached hydrogens (tertiary/aromatic N) is 2. The molecule has 0 aliphatic carbocycles. The molecule has 3 nitrogen and oxygen atoms in total. The molecule has 2 aliphatic heterocycles. The van der Waals surface area contributed by atoms with Gasteiger partial charge in [0.25, 0.3) is 0 Å². The standard InChI is InChI=1S/C16H19F3N2O/c17-16(18,19)15(22)20-9-8-13-6-7-14(11-20)21(13)10-12-4-2-1-3-5-12/h1-5,13-14H,6-11H2. The van der Waals surface area contributed by atoms with Crippen molar-refractivity contribution in [1.29, 1.82) is 0 Å². The largest absolute Gasteiger partial charge is 0.471 e. The molecule has 0 saturated carbocycles. The van der Waals surface area contributed by atoms with Crippen molar-refractivity contribution in [3.05, 3.63) is 35.9 Å². The Bertz CT molecular complexity index is 532. The molecule has 2 atom stereocenters. The zero-order valence-corrected chi connectivity index (χ0v) is 12.2. The van der Waals surface area contributed by atoms with Crippen molar-refractivity contribution in [2.24, 2.45) is 0 Å². The molecule has 2 aliphatic rings. The molecule has 0 aromatic heterocycles. The van der Waals surface area contributed by atoms with Crippen LogP contribution in [-0.2, 0) is 11.3 Å². The lowest BCUT2D eigenvalue weighted by atomic mass is 10.1. The fraction of sp³-hybridized carbons (Fsp3) is 0.562. The van der Waals surface area contributed by atoms with Gasteiger partial charge < -0.3 is 4.90 Å². The molecule has 22 heavy (non-hydrogen) atoms. The van der Waals surface area contributed by atoms with E-state index in [1.54, 1.807) is 0 Å². The van der Waals surface area contributed by atoms with Crippen molar-refractivity contribution < 1.29 is 18.0 Å². The number of alkyl halides is 3. The highest BCUT2D eigenvalue weighted by Crippen LogP contribution is 2.33. The van der Waals surface area contributed by atoms with Gasteiger partial charge in [0.1, 0.15) is 0 Å². The fourth-order valence-electron chi connectivity index (χ4n) is 3.59. The average molecular weight is 312 g/mol. The average Bonchev–Trinajstić information content (AvgIpc) is 2.73. The van der Waals surface area contributed by atoms with Gasteiger partial charge in [-0.25, -0.2) is 0 Å². The first-order chi connectivity index (χ1) is 10.4. The van der Waals surface area contributed by atoms with Gasteiger partial charge >= 0.3 is 12.1 Å². The molecule has 3 rings (SSSR count). The van der Waals surface area contributed by atoms with Crippen LogP contribution < -0.4 is 0 Å². The number of hydrogen-bond donors (Lipinski definition) is 0. The molecule has 1 amide bonds. The zero-order chi connectivity index (χ0) is 15.7. The number of fused-ring (bicyclic) bond motifs is 2. The molecule has 0 spiro atoms. The summed E-state index contributed by atoms with van der Waals surface area (Å²) in [7, 11) is 0. The Labute approximate surface area is 127 Å². The number of amides is 1. The van der Waals surface area contributed by atoms with Crippen LogP contribution in [0.2, 0.25) is 0 Å². The highest BCUT2D eigenvalue weighted by molar-refractivity contribution is 5.81. The van der Waals surface area contributed by atoms with Crippen molar-refractivity contribution in [2.45, 2.75) is 44.1 Å². The number of carbonyl (C=O) groups excluding carboxylic acids is 1. The molecule has 2 bridgehead atoms. The van der Waals surface area contributed by atoms with E-state index in [0.29, 0.717) is 6.42 Å². The molecular weight excluding hydrogens is 293 g/mol. The van der Waals surface area contributed by atoms with Gasteiger partial charge in [-0.3, -0.25) is 9.69 Å². The lowest BCUT2D eigenvalue weighted by Gasteiger charge is -2.29. The summed E-state index contributed by atoms with van der Waals surface area (Å²) in [6.07, 6.45) is -2.29. The molecule has 6 heteroatoms. The third-order valence-electron chi connectivity index (χ3n) is 4.67. The van der Waals surface area contributed by atoms with Crippen LogP contribution >= 0.6 is 0 Å². The first kappa shape index (κ1) is 15.3. The van der Waals surface area contributed by atoms with Gasteiger partial charge in [-0.15, -0.1) is 0 Å². The summed E-state index contributed by atoms with van der Waals surface area (Å²) < 4.78 is 37.9. The first-order valence-corrected chi connectivity index (χ1v) is 7.61. The molecule has 2 fully saturated rings. The summed E-state index contributed by atoms with van der Waals surface area (Å²) in [6.45, 7) is 1.12. The van der Waals surface area contributed by atoms with Crippen molar-refractivity contribution in [2.75, 3.05) is 13.1 Å². The van der Waals surface area contributed by atoms with E-state index in [-0.39, 0.29) is 25.2 Å². The molecule has 2 saturated heterocycles. The van der Waals surface area contributed by atoms with Crippen LogP contribution in [0.5, 0.6) is 0 Å². The van der Waals surface area contributed by atoms with Gasteiger partial charge in [0.2, 0.25) is 0 Å². The van der Waals surface area contributed by atoms with Crippen molar-refractivity contribution in [3.8, 4) is 0 Å². The van der Waals surface area contributed by atoms with E-state index in [1.807, 2.05) is 30.3 Å². The maximum absolute atomic E-state index is 12.6. The topological polar surface area (TPSA) is 23.6 Å². The zero-order valence-electron chi connectivity index (χ0n) is 12.2. The third-order valence-corrected chi connectivity index (χ3v) is 4.67. The Morgan fingerprint density at radius 3 is 2.45 bits per heavy atom. The minimum absolute atomic E-state index is 0.0269. The van der Waals surface area contributed by atoms with Gasteiger partial charge in [0.15, 0.2) is 0 Å². The van der Waals surface area contributed by atoms with E-state index in [0.717, 1.165) is 29.8 Å². The number of likely N-dealkylation sites (tertiary alicyclic amines) is 1. The van der Waals surface area contributed by atoms with Crippen LogP contribution in [0.1, 0.15) is 24.8 Å². The molecule has 1 aromatic carbocycles. The van der Waals surface area contributed by atoms with E-state index in [4.69, 9.17) is 0 Å². The van der Waals surface area contributed by atoms with Gasteiger partial charge in [0.05, 0.1) is 0 Å². The van der Waals surface area contributed by atoms with Crippen LogP contribution in [0.3, 0.4) is 0 Å². The Morgan fingerprint density at radius 2 is 1.77 bits per heavy atom. The lowest BCUT2D eigenvalue weighted by Crippen LogP contribution is -2.46. The minimum atomic E-state index is -4.77. The summed E-state index contributed by atoms with van der Waals surface area (Å²) in [4.78, 5) is 14.8. The van der Waals surface area contributed by atoms with E-state index < -0.39 is 12.1 Å². The van der Waals surface area contributed by atoms with Crippen molar-refractivity contribution in [3.63, 3.8) is 0 Å². The predicted molar refractivity (Wildman–Crippen MR) is 76.0 cm³/mol. The van der Waals surface area contributed by atoms with E-state index in [9.17, 15) is 18.0 Å². The Balaban J connectivity index is 1.72. The highest BCUT2D eigenvalue weighted by Gasteiger charge is 2.46. The fourth-order valence-corrected chi connectivity index (χ4v) is 3.59. The molecule has 2 heterocycles. The lowest BCUT2D eigenvalue weighted by molar-refractivity contribution is -0.185. The number of carbonyl (C=O) groups is 1. The quantitative estimate of drug-likeness (QED) is 0.838. The highest BCUT2D eigenvalue weighted by atomic mass is 19.4. The van der Waals surface area contributed by atoms with Gasteiger partial charge in [-0.2, -0.15) is 13.2 Å². The maximum atomic E-state index is 12.6. The maximum Gasteiger partial charge on any atom is 0.471 e. The molecular formula is C16H19F3N2O. The van der Waals surface area contributed by atoms with Crippen LogP contribution in [0, 0.1) is 0 Å². The second-order valence-electron chi connectivity index (χ2n) is 6.08. The normalized spacial score (nSPS) is 26.0. The summed E-state index contributed by atoms with van der Waals surface area (Å²) in [6, 6.07) is 10.2. The first-order valence-electron chi connectivity index (χ1n) is 7.61. The summed E-state index contributed by atoms with van der Waals surface area (Å²) in [5.74, 6) is -1.69. The van der Waals surface area contributed by atoms with Gasteiger partial charge in [-0.1, -0.05) is 30.3 Å². The molecule has 0 N–H and O–H groups in total. The number of benzene rings is 1. The number of rotatable bonds is 2. The van der Waals surface area contributed by atoms with Crippen molar-refractivity contribution >= 4 is 5.91 Å². The Morgan fingerprint density at radius 1 is 1.09 bits per heavy atom. The summed E-state index contributed by atoms with van der Waals surface area (Å²) in [5, 5.41) is 0. The second-order valence-corrected chi connectivity index (χ2v) is 6.08. The molecule has 2 unspecified atom stereocenters. The van der Waals surface area contributed by atoms with Crippen LogP contribution in [-0.4, -0.2) is 47.1 Å². The van der Waals surface area contributed by atoms with E-state index in [1.165, 1.54) is 0 Å². The van der Waals surface area contributed by atoms with Crippen LogP contribution in [0.4, 0.5) is 13.2 Å². The second kappa shape index (κ2) is 5.91. The third kappa shape index (κ3) is 3.11. The summed E-state index contributed by atoms with van der Waals surface area (Å²) >= 11 is 0.